The molecule has 0 bridgehead atoms. The van der Waals surface area contributed by atoms with Crippen molar-refractivity contribution in [2.24, 2.45) is 5.92 Å². The first kappa shape index (κ1) is 16.1. The third-order valence-electron chi connectivity index (χ3n) is 4.14. The molecule has 1 aliphatic rings. The lowest BCUT2D eigenvalue weighted by molar-refractivity contribution is -0.119. The summed E-state index contributed by atoms with van der Waals surface area (Å²) in [6.45, 7) is 3.53. The summed E-state index contributed by atoms with van der Waals surface area (Å²) in [6.07, 6.45) is 4.95. The third-order valence-corrected chi connectivity index (χ3v) is 5.30. The lowest BCUT2D eigenvalue weighted by Crippen LogP contribution is -2.32. The quantitative estimate of drug-likeness (QED) is 0.790. The maximum atomic E-state index is 11.8. The maximum absolute atomic E-state index is 11.8. The first-order valence-electron chi connectivity index (χ1n) is 7.93. The van der Waals surface area contributed by atoms with Gasteiger partial charge in [-0.05, 0) is 30.7 Å². The summed E-state index contributed by atoms with van der Waals surface area (Å²) in [6, 6.07) is 0. The van der Waals surface area contributed by atoms with Gasteiger partial charge in [-0.1, -0.05) is 6.92 Å². The average molecular weight is 334 g/mol. The number of methoxy groups -OCH3 is 1. The minimum Gasteiger partial charge on any atom is -0.383 e. The van der Waals surface area contributed by atoms with Gasteiger partial charge < -0.3 is 15.4 Å². The molecule has 0 fully saturated rings. The van der Waals surface area contributed by atoms with Crippen LogP contribution in [0.3, 0.4) is 0 Å². The van der Waals surface area contributed by atoms with Crippen LogP contribution in [0.15, 0.2) is 6.33 Å². The molecule has 1 atom stereocenters. The van der Waals surface area contributed by atoms with Crippen LogP contribution in [0.4, 0.5) is 5.82 Å². The number of amides is 1. The van der Waals surface area contributed by atoms with Crippen LogP contribution in [0.5, 0.6) is 0 Å². The number of nitrogens with zero attached hydrogens (tertiary/aromatic N) is 2. The number of aromatic nitrogens is 2. The molecule has 7 heteroatoms. The van der Waals surface area contributed by atoms with E-state index in [9.17, 15) is 4.79 Å². The summed E-state index contributed by atoms with van der Waals surface area (Å²) in [7, 11) is 1.61. The van der Waals surface area contributed by atoms with Gasteiger partial charge in [-0.2, -0.15) is 0 Å². The first-order chi connectivity index (χ1) is 11.2. The highest BCUT2D eigenvalue weighted by Gasteiger charge is 2.23. The van der Waals surface area contributed by atoms with E-state index in [0.29, 0.717) is 13.2 Å². The zero-order valence-corrected chi connectivity index (χ0v) is 14.3. The van der Waals surface area contributed by atoms with Crippen LogP contribution in [0, 0.1) is 5.92 Å². The molecule has 0 aromatic carbocycles. The number of rotatable bonds is 6. The van der Waals surface area contributed by atoms with Gasteiger partial charge in [0, 0.05) is 18.5 Å². The molecule has 1 amide bonds. The zero-order chi connectivity index (χ0) is 16.2. The molecule has 23 heavy (non-hydrogen) atoms. The van der Waals surface area contributed by atoms with E-state index in [1.165, 1.54) is 16.9 Å². The van der Waals surface area contributed by atoms with Crippen molar-refractivity contribution in [2.45, 2.75) is 26.2 Å². The Morgan fingerprint density at radius 3 is 3.17 bits per heavy atom. The van der Waals surface area contributed by atoms with E-state index in [4.69, 9.17) is 4.74 Å². The van der Waals surface area contributed by atoms with Gasteiger partial charge in [0.2, 0.25) is 5.91 Å². The molecule has 1 aliphatic carbocycles. The summed E-state index contributed by atoms with van der Waals surface area (Å²) in [5.41, 5.74) is 1.37. The van der Waals surface area contributed by atoms with Gasteiger partial charge in [-0.3, -0.25) is 4.79 Å². The minimum atomic E-state index is -0.0634. The second-order valence-electron chi connectivity index (χ2n) is 5.95. The molecule has 2 heterocycles. The minimum absolute atomic E-state index is 0.0634. The summed E-state index contributed by atoms with van der Waals surface area (Å²) >= 11 is 1.76. The molecule has 2 aromatic heterocycles. The number of hydrogen-bond donors (Lipinski definition) is 2. The van der Waals surface area contributed by atoms with Crippen molar-refractivity contribution in [3.8, 4) is 0 Å². The van der Waals surface area contributed by atoms with Crippen molar-refractivity contribution in [1.82, 2.24) is 15.3 Å². The molecular formula is C16H22N4O2S. The number of fused-ring (bicyclic) bond motifs is 3. The number of anilines is 1. The van der Waals surface area contributed by atoms with Gasteiger partial charge >= 0.3 is 0 Å². The van der Waals surface area contributed by atoms with Crippen molar-refractivity contribution in [3.63, 3.8) is 0 Å². The molecule has 0 saturated carbocycles. The standard InChI is InChI=1S/C16H22N4O2S/c1-10-3-4-11-12(7-10)23-16-14(11)15(19-9-20-16)18-8-13(21)17-5-6-22-2/h9-10H,3-8H2,1-2H3,(H,17,21)(H,18,19,20)/t10-/m1/s1. The lowest BCUT2D eigenvalue weighted by atomic mass is 9.89. The number of carbonyl (C=O) groups excluding carboxylic acids is 1. The van der Waals surface area contributed by atoms with E-state index in [-0.39, 0.29) is 12.5 Å². The van der Waals surface area contributed by atoms with Crippen LogP contribution < -0.4 is 10.6 Å². The van der Waals surface area contributed by atoms with E-state index < -0.39 is 0 Å². The molecule has 0 saturated heterocycles. The van der Waals surface area contributed by atoms with E-state index in [0.717, 1.165) is 34.8 Å². The highest BCUT2D eigenvalue weighted by Crippen LogP contribution is 2.39. The van der Waals surface area contributed by atoms with Gasteiger partial charge in [-0.15, -0.1) is 11.3 Å². The molecular weight excluding hydrogens is 312 g/mol. The second-order valence-corrected chi connectivity index (χ2v) is 7.03. The molecule has 124 valence electrons. The topological polar surface area (TPSA) is 76.1 Å². The van der Waals surface area contributed by atoms with Crippen molar-refractivity contribution in [1.29, 1.82) is 0 Å². The SMILES string of the molecule is COCCNC(=O)CNc1ncnc2sc3c(c12)CC[C@@H](C)C3. The number of carbonyl (C=O) groups is 1. The Labute approximate surface area is 139 Å². The first-order valence-corrected chi connectivity index (χ1v) is 8.75. The van der Waals surface area contributed by atoms with Crippen LogP contribution in [0.25, 0.3) is 10.2 Å². The van der Waals surface area contributed by atoms with Crippen molar-refractivity contribution in [3.05, 3.63) is 16.8 Å². The highest BCUT2D eigenvalue weighted by molar-refractivity contribution is 7.19. The molecule has 0 spiro atoms. The van der Waals surface area contributed by atoms with Crippen molar-refractivity contribution >= 4 is 33.3 Å². The number of thiophene rings is 1. The molecule has 0 aliphatic heterocycles. The molecule has 3 rings (SSSR count). The molecule has 0 unspecified atom stereocenters. The summed E-state index contributed by atoms with van der Waals surface area (Å²) in [5.74, 6) is 1.43. The monoisotopic (exact) mass is 334 g/mol. The Balaban J connectivity index is 1.75. The van der Waals surface area contributed by atoms with Gasteiger partial charge in [0.25, 0.3) is 0 Å². The van der Waals surface area contributed by atoms with Crippen LogP contribution in [0.2, 0.25) is 0 Å². The summed E-state index contributed by atoms with van der Waals surface area (Å²) < 4.78 is 4.92. The van der Waals surface area contributed by atoms with E-state index in [1.54, 1.807) is 24.8 Å². The number of ether oxygens (including phenoxy) is 1. The molecule has 6 nitrogen and oxygen atoms in total. The van der Waals surface area contributed by atoms with Crippen molar-refractivity contribution < 1.29 is 9.53 Å². The smallest absolute Gasteiger partial charge is 0.239 e. The fourth-order valence-electron chi connectivity index (χ4n) is 2.93. The Kier molecular flexibility index (Phi) is 5.07. The summed E-state index contributed by atoms with van der Waals surface area (Å²) in [4.78, 5) is 23.0. The van der Waals surface area contributed by atoms with E-state index in [1.807, 2.05) is 0 Å². The van der Waals surface area contributed by atoms with Crippen molar-refractivity contribution in [2.75, 3.05) is 32.1 Å². The number of hydrogen-bond acceptors (Lipinski definition) is 6. The van der Waals surface area contributed by atoms with Gasteiger partial charge in [-0.25, -0.2) is 9.97 Å². The molecule has 2 aromatic rings. The second kappa shape index (κ2) is 7.23. The highest BCUT2D eigenvalue weighted by atomic mass is 32.1. The van der Waals surface area contributed by atoms with E-state index in [2.05, 4.69) is 27.5 Å². The molecule has 2 N–H and O–H groups in total. The number of nitrogens with one attached hydrogen (secondary N) is 2. The molecule has 0 radical (unpaired) electrons. The lowest BCUT2D eigenvalue weighted by Gasteiger charge is -2.18. The normalized spacial score (nSPS) is 17.0. The maximum Gasteiger partial charge on any atom is 0.239 e. The fraction of sp³-hybridized carbons (Fsp3) is 0.562. The average Bonchev–Trinajstić information content (AvgIpc) is 2.91. The zero-order valence-electron chi connectivity index (χ0n) is 13.5. The predicted octanol–water partition coefficient (Wildman–Crippen LogP) is 1.99. The largest absolute Gasteiger partial charge is 0.383 e. The number of aryl methyl sites for hydroxylation is 1. The van der Waals surface area contributed by atoms with Crippen LogP contribution in [-0.4, -0.2) is 42.7 Å². The van der Waals surface area contributed by atoms with Crippen LogP contribution in [-0.2, 0) is 22.4 Å². The fourth-order valence-corrected chi connectivity index (χ4v) is 4.28. The van der Waals surface area contributed by atoms with Crippen LogP contribution in [0.1, 0.15) is 23.8 Å². The van der Waals surface area contributed by atoms with E-state index >= 15 is 0 Å². The third kappa shape index (κ3) is 3.61. The Morgan fingerprint density at radius 2 is 2.35 bits per heavy atom. The van der Waals surface area contributed by atoms with Gasteiger partial charge in [0.05, 0.1) is 18.5 Å². The Hall–Kier alpha value is -1.73. The summed E-state index contributed by atoms with van der Waals surface area (Å²) in [5, 5.41) is 7.06. The van der Waals surface area contributed by atoms with Crippen LogP contribution >= 0.6 is 11.3 Å². The van der Waals surface area contributed by atoms with Gasteiger partial charge in [0.1, 0.15) is 17.0 Å². The Morgan fingerprint density at radius 1 is 1.48 bits per heavy atom. The predicted molar refractivity (Wildman–Crippen MR) is 92.0 cm³/mol. The Bertz CT molecular complexity index is 701. The van der Waals surface area contributed by atoms with Gasteiger partial charge in [0.15, 0.2) is 0 Å².